The van der Waals surface area contributed by atoms with E-state index in [-0.39, 0.29) is 46.7 Å². The molecule has 8 heteroatoms. The number of hydrogen-bond donors (Lipinski definition) is 1. The van der Waals surface area contributed by atoms with Gasteiger partial charge >= 0.3 is 0 Å². The van der Waals surface area contributed by atoms with E-state index in [1.807, 2.05) is 30.4 Å². The Bertz CT molecular complexity index is 1180. The van der Waals surface area contributed by atoms with E-state index >= 15 is 0 Å². The molecule has 2 bridgehead atoms. The van der Waals surface area contributed by atoms with Crippen LogP contribution in [0.15, 0.2) is 47.3 Å². The molecule has 3 aliphatic carbocycles. The molecule has 0 spiro atoms. The van der Waals surface area contributed by atoms with E-state index in [0.29, 0.717) is 11.4 Å². The number of amides is 3. The number of rotatable bonds is 4. The largest absolute Gasteiger partial charge is 0.318 e. The molecule has 1 saturated heterocycles. The first-order valence-electron chi connectivity index (χ1n) is 11.0. The number of fused-ring (bicyclic) bond motifs is 1. The summed E-state index contributed by atoms with van der Waals surface area (Å²) >= 11 is 0. The zero-order chi connectivity index (χ0) is 22.7. The minimum absolute atomic E-state index is 0.0659. The summed E-state index contributed by atoms with van der Waals surface area (Å²) in [6.07, 6.45) is 5.90. The van der Waals surface area contributed by atoms with Crippen LogP contribution in [-0.4, -0.2) is 38.0 Å². The molecule has 8 nitrogen and oxygen atoms in total. The normalized spacial score (nSPS) is 27.0. The maximum atomic E-state index is 13.1. The third-order valence-corrected chi connectivity index (χ3v) is 7.36. The summed E-state index contributed by atoms with van der Waals surface area (Å²) in [6, 6.07) is 8.14. The van der Waals surface area contributed by atoms with E-state index in [4.69, 9.17) is 0 Å². The molecule has 3 amide bonds. The fourth-order valence-electron chi connectivity index (χ4n) is 5.54. The van der Waals surface area contributed by atoms with Gasteiger partial charge in [-0.05, 0) is 50.7 Å². The Kier molecular flexibility index (Phi) is 4.69. The van der Waals surface area contributed by atoms with E-state index < -0.39 is 11.9 Å². The summed E-state index contributed by atoms with van der Waals surface area (Å²) in [5.74, 6) is -1.68. The summed E-state index contributed by atoms with van der Waals surface area (Å²) in [5.41, 5.74) is 1.03. The molecule has 1 aliphatic heterocycles. The van der Waals surface area contributed by atoms with E-state index in [0.717, 1.165) is 17.7 Å². The van der Waals surface area contributed by atoms with Gasteiger partial charge in [0.05, 0.1) is 23.2 Å². The number of benzene rings is 1. The zero-order valence-corrected chi connectivity index (χ0v) is 18.3. The molecule has 1 saturated carbocycles. The minimum atomic E-state index is -0.996. The molecule has 2 aromatic rings. The van der Waals surface area contributed by atoms with Crippen molar-refractivity contribution in [3.8, 4) is 5.69 Å². The molecule has 5 atom stereocenters. The van der Waals surface area contributed by atoms with Crippen LogP contribution in [0, 0.1) is 30.6 Å². The number of para-hydroxylation sites is 1. The van der Waals surface area contributed by atoms with E-state index in [1.54, 1.807) is 37.7 Å². The van der Waals surface area contributed by atoms with Crippen LogP contribution < -0.4 is 10.9 Å². The Balaban J connectivity index is 1.41. The molecular weight excluding hydrogens is 408 g/mol. The summed E-state index contributed by atoms with van der Waals surface area (Å²) < 4.78 is 3.14. The average Bonchev–Trinajstić information content (AvgIpc) is 3.20. The first kappa shape index (κ1) is 20.5. The second kappa shape index (κ2) is 7.32. The van der Waals surface area contributed by atoms with E-state index in [1.165, 1.54) is 4.68 Å². The topological polar surface area (TPSA) is 93.4 Å². The molecule has 6 rings (SSSR count). The summed E-state index contributed by atoms with van der Waals surface area (Å²) in [5, 5.41) is 2.69. The molecule has 32 heavy (non-hydrogen) atoms. The van der Waals surface area contributed by atoms with Crippen LogP contribution >= 0.6 is 0 Å². The van der Waals surface area contributed by atoms with Crippen LogP contribution in [0.3, 0.4) is 0 Å². The van der Waals surface area contributed by atoms with Crippen molar-refractivity contribution < 1.29 is 14.4 Å². The van der Waals surface area contributed by atoms with Gasteiger partial charge in [0.25, 0.3) is 5.56 Å². The van der Waals surface area contributed by atoms with Crippen LogP contribution in [0.1, 0.15) is 25.5 Å². The van der Waals surface area contributed by atoms with Gasteiger partial charge in [0.2, 0.25) is 17.7 Å². The molecule has 1 aromatic carbocycles. The summed E-state index contributed by atoms with van der Waals surface area (Å²) in [7, 11) is 1.74. The number of hydrogen-bond acceptors (Lipinski definition) is 4. The number of anilines is 1. The number of allylic oxidation sites excluding steroid dienone is 2. The standard InChI is InChI=1S/C24H26N4O4/c1-13-20(24(32)28(26(13)3)17-7-5-4-6-8-17)25-21(29)14(2)27-22(30)18-15-9-10-16(12-11-15)19(18)23(27)31/h4-10,14-16,18-19H,11-12H2,1-3H3,(H,25,29). The molecule has 0 radical (unpaired) electrons. The number of imide groups is 1. The molecule has 5 unspecified atom stereocenters. The Morgan fingerprint density at radius 3 is 2.09 bits per heavy atom. The fraction of sp³-hybridized carbons (Fsp3) is 0.417. The predicted octanol–water partition coefficient (Wildman–Crippen LogP) is 2.01. The number of nitrogens with one attached hydrogen (secondary N) is 1. The number of aromatic nitrogens is 2. The maximum absolute atomic E-state index is 13.1. The maximum Gasteiger partial charge on any atom is 0.295 e. The lowest BCUT2D eigenvalue weighted by Gasteiger charge is -2.38. The molecule has 1 aromatic heterocycles. The van der Waals surface area contributed by atoms with Gasteiger partial charge in [-0.2, -0.15) is 0 Å². The quantitative estimate of drug-likeness (QED) is 0.588. The first-order chi connectivity index (χ1) is 15.3. The van der Waals surface area contributed by atoms with Crippen molar-refractivity contribution in [3.05, 3.63) is 58.5 Å². The van der Waals surface area contributed by atoms with Crippen LogP contribution in [0.5, 0.6) is 0 Å². The Morgan fingerprint density at radius 1 is 1.00 bits per heavy atom. The van der Waals surface area contributed by atoms with Gasteiger partial charge in [-0.3, -0.25) is 28.8 Å². The van der Waals surface area contributed by atoms with Crippen molar-refractivity contribution in [1.82, 2.24) is 14.3 Å². The molecule has 2 fully saturated rings. The molecule has 1 N–H and O–H groups in total. The number of nitrogens with zero attached hydrogens (tertiary/aromatic N) is 3. The molecule has 4 aliphatic rings. The SMILES string of the molecule is Cc1c(NC(=O)C(C)N2C(=O)C3C4C=CC(CC4)C3C2=O)c(=O)n(-c2ccccc2)n1C. The zero-order valence-electron chi connectivity index (χ0n) is 18.3. The molecular formula is C24H26N4O4. The predicted molar refractivity (Wildman–Crippen MR) is 118 cm³/mol. The van der Waals surface area contributed by atoms with Crippen LogP contribution in [0.25, 0.3) is 5.69 Å². The van der Waals surface area contributed by atoms with E-state index in [2.05, 4.69) is 5.32 Å². The van der Waals surface area contributed by atoms with Gasteiger partial charge in [0, 0.05) is 7.05 Å². The lowest BCUT2D eigenvalue weighted by molar-refractivity contribution is -0.146. The van der Waals surface area contributed by atoms with Crippen molar-refractivity contribution in [3.63, 3.8) is 0 Å². The Labute approximate surface area is 185 Å². The van der Waals surface area contributed by atoms with Crippen LogP contribution in [-0.2, 0) is 21.4 Å². The van der Waals surface area contributed by atoms with Gasteiger partial charge in [0.15, 0.2) is 0 Å². The van der Waals surface area contributed by atoms with Gasteiger partial charge in [0.1, 0.15) is 11.7 Å². The van der Waals surface area contributed by atoms with Crippen LogP contribution in [0.4, 0.5) is 5.69 Å². The average molecular weight is 434 g/mol. The van der Waals surface area contributed by atoms with Crippen molar-refractivity contribution in [2.75, 3.05) is 5.32 Å². The molecule has 2 heterocycles. The second-order valence-electron chi connectivity index (χ2n) is 8.99. The summed E-state index contributed by atoms with van der Waals surface area (Å²) in [6.45, 7) is 3.29. The van der Waals surface area contributed by atoms with Crippen molar-refractivity contribution in [1.29, 1.82) is 0 Å². The highest BCUT2D eigenvalue weighted by Gasteiger charge is 2.58. The van der Waals surface area contributed by atoms with Gasteiger partial charge in [-0.1, -0.05) is 30.4 Å². The van der Waals surface area contributed by atoms with Gasteiger partial charge < -0.3 is 5.32 Å². The third-order valence-electron chi connectivity index (χ3n) is 7.36. The molecule has 166 valence electrons. The second-order valence-corrected chi connectivity index (χ2v) is 8.99. The van der Waals surface area contributed by atoms with Crippen molar-refractivity contribution in [2.24, 2.45) is 30.7 Å². The van der Waals surface area contributed by atoms with E-state index in [9.17, 15) is 19.2 Å². The van der Waals surface area contributed by atoms with Crippen LogP contribution in [0.2, 0.25) is 0 Å². The highest BCUT2D eigenvalue weighted by atomic mass is 16.2. The number of likely N-dealkylation sites (tertiary alicyclic amines) is 1. The third kappa shape index (κ3) is 2.82. The number of carbonyl (C=O) groups excluding carboxylic acids is 3. The highest BCUT2D eigenvalue weighted by molar-refractivity contribution is 6.10. The van der Waals surface area contributed by atoms with Gasteiger partial charge in [-0.25, -0.2) is 4.68 Å². The summed E-state index contributed by atoms with van der Waals surface area (Å²) in [4.78, 5) is 53.6. The van der Waals surface area contributed by atoms with Crippen molar-refractivity contribution >= 4 is 23.4 Å². The minimum Gasteiger partial charge on any atom is -0.318 e. The lowest BCUT2D eigenvalue weighted by Crippen LogP contribution is -2.46. The number of carbonyl (C=O) groups is 3. The van der Waals surface area contributed by atoms with Crippen molar-refractivity contribution in [2.45, 2.75) is 32.7 Å². The first-order valence-corrected chi connectivity index (χ1v) is 11.0. The fourth-order valence-corrected chi connectivity index (χ4v) is 5.54. The Hall–Kier alpha value is -3.42. The lowest BCUT2D eigenvalue weighted by atomic mass is 9.63. The Morgan fingerprint density at radius 2 is 1.56 bits per heavy atom. The smallest absolute Gasteiger partial charge is 0.295 e. The highest BCUT2D eigenvalue weighted by Crippen LogP contribution is 2.49. The monoisotopic (exact) mass is 434 g/mol. The van der Waals surface area contributed by atoms with Gasteiger partial charge in [-0.15, -0.1) is 0 Å².